The number of aliphatic imine (C=N–C) groups is 3. The Morgan fingerprint density at radius 1 is 0.628 bits per heavy atom. The second-order valence-electron chi connectivity index (χ2n) is 29.2. The number of methoxy groups -OCH3 is 1. The lowest BCUT2D eigenvalue weighted by atomic mass is 9.93. The number of aliphatic hydroxyl groups is 4. The average Bonchev–Trinajstić information content (AvgIpc) is 1.68. The van der Waals surface area contributed by atoms with Gasteiger partial charge in [0, 0.05) is 56.6 Å². The normalized spacial score (nSPS) is 12.4. The molecule has 2 aromatic heterocycles. The van der Waals surface area contributed by atoms with E-state index in [2.05, 4.69) is 53.9 Å². The molecule has 0 radical (unpaired) electrons. The van der Waals surface area contributed by atoms with Gasteiger partial charge in [-0.15, -0.1) is 0 Å². The van der Waals surface area contributed by atoms with Crippen LogP contribution in [0.3, 0.4) is 0 Å². The number of nitriles is 1. The molecule has 6 unspecified atom stereocenters. The van der Waals surface area contributed by atoms with Gasteiger partial charge in [-0.3, -0.25) is 15.0 Å². The third-order valence-corrected chi connectivity index (χ3v) is 18.6. The van der Waals surface area contributed by atoms with Crippen molar-refractivity contribution >= 4 is 51.7 Å². The number of benzene rings is 8. The molecule has 6 atom stereocenters. The van der Waals surface area contributed by atoms with Crippen LogP contribution in [-0.4, -0.2) is 173 Å². The van der Waals surface area contributed by atoms with E-state index in [1.807, 2.05) is 84.4 Å². The van der Waals surface area contributed by atoms with Crippen LogP contribution in [0.2, 0.25) is 5.02 Å². The molecule has 26 nitrogen and oxygen atoms in total. The summed E-state index contributed by atoms with van der Waals surface area (Å²) in [7, 11) is 4.86. The van der Waals surface area contributed by atoms with Gasteiger partial charge in [0.25, 0.3) is 0 Å². The van der Waals surface area contributed by atoms with E-state index < -0.39 is 67.9 Å². The van der Waals surface area contributed by atoms with E-state index in [1.54, 1.807) is 104 Å². The topological polar surface area (TPSA) is 420 Å². The Balaban J connectivity index is 0.000000380. The Kier molecular flexibility index (Phi) is 55.2. The fraction of sp³-hybridized carbons (Fsp3) is 0.389. The maximum absolute atomic E-state index is 13.1. The molecule has 704 valence electrons. The second-order valence-corrected chi connectivity index (χ2v) is 29.6. The monoisotopic (exact) mass is 1820 g/mol. The summed E-state index contributed by atoms with van der Waals surface area (Å²) in [5, 5.41) is 93.1. The van der Waals surface area contributed by atoms with Crippen LogP contribution in [0, 0.1) is 47.0 Å². The van der Waals surface area contributed by atoms with Crippen LogP contribution < -0.4 is 47.4 Å². The maximum atomic E-state index is 13.1. The second kappa shape index (κ2) is 64.0. The number of unbranched alkanes of at least 4 members (excludes halogenated alkanes) is 1. The fourth-order valence-corrected chi connectivity index (χ4v) is 11.7. The number of halogens is 8. The number of hydrogen-bond acceptors (Lipinski definition) is 21. The number of phenolic OH excluding ortho intramolecular Hbond substituents is 3. The fourth-order valence-electron chi connectivity index (χ4n) is 11.5. The number of aromatic amines is 1. The number of ether oxygens (including phenoxy) is 5. The molecular weight excluding hydrogens is 1690 g/mol. The summed E-state index contributed by atoms with van der Waals surface area (Å²) >= 11 is 5.95. The number of likely N-dealkylation sites (N-methyl/N-ethyl adjacent to an activating group) is 2. The molecule has 0 amide bonds. The highest BCUT2D eigenvalue weighted by atomic mass is 35.5. The van der Waals surface area contributed by atoms with E-state index in [-0.39, 0.29) is 67.6 Å². The number of H-pyrrole nitrogens is 1. The first-order chi connectivity index (χ1) is 61.8. The molecule has 34 heteroatoms. The third kappa shape index (κ3) is 45.1. The van der Waals surface area contributed by atoms with E-state index in [0.29, 0.717) is 122 Å². The lowest BCUT2D eigenvalue weighted by Gasteiger charge is -2.21. The maximum Gasteiger partial charge on any atom is 0.200 e. The van der Waals surface area contributed by atoms with Crippen molar-refractivity contribution < 1.29 is 90.2 Å². The van der Waals surface area contributed by atoms with Crippen molar-refractivity contribution in [2.75, 3.05) is 92.7 Å². The number of aliphatic hydroxyl groups excluding tert-OH is 4. The van der Waals surface area contributed by atoms with Crippen molar-refractivity contribution in [2.45, 2.75) is 150 Å². The van der Waals surface area contributed by atoms with Crippen molar-refractivity contribution in [3.8, 4) is 40.6 Å². The van der Waals surface area contributed by atoms with Crippen molar-refractivity contribution in [3.63, 3.8) is 0 Å². The highest BCUT2D eigenvalue weighted by molar-refractivity contribution is 6.32. The number of nitrogens with zero attached hydrogens (tertiary/aromatic N) is 6. The number of rotatable bonds is 40. The zero-order valence-corrected chi connectivity index (χ0v) is 75.5. The quantitative estimate of drug-likeness (QED) is 0.00557. The number of phenols is 3. The predicted molar refractivity (Wildman–Crippen MR) is 496 cm³/mol. The Morgan fingerprint density at radius 2 is 1.22 bits per heavy atom. The summed E-state index contributed by atoms with van der Waals surface area (Å²) in [4.78, 5) is 19.3. The van der Waals surface area contributed by atoms with Crippen LogP contribution in [0.1, 0.15) is 148 Å². The van der Waals surface area contributed by atoms with Gasteiger partial charge in [0.1, 0.15) is 99.2 Å². The molecule has 18 N–H and O–H groups in total. The van der Waals surface area contributed by atoms with Gasteiger partial charge < -0.3 is 108 Å². The Labute approximate surface area is 756 Å². The number of anilines is 1. The Bertz CT molecular complexity index is 4950. The summed E-state index contributed by atoms with van der Waals surface area (Å²) in [5.41, 5.74) is 25.6. The summed E-state index contributed by atoms with van der Waals surface area (Å²) in [5.74, 6) is 1.58. The van der Waals surface area contributed by atoms with Crippen molar-refractivity contribution in [2.24, 2.45) is 38.1 Å². The van der Waals surface area contributed by atoms with E-state index >= 15 is 0 Å². The number of alkyl halides is 4. The molecule has 0 aliphatic rings. The molecular formula is C95H126ClF7N14O12. The van der Waals surface area contributed by atoms with Crippen LogP contribution in [0.5, 0.6) is 34.5 Å². The lowest BCUT2D eigenvalue weighted by molar-refractivity contribution is -0.0117. The van der Waals surface area contributed by atoms with E-state index in [9.17, 15) is 66.5 Å². The number of amidine groups is 3. The first-order valence-corrected chi connectivity index (χ1v) is 42.0. The van der Waals surface area contributed by atoms with Crippen LogP contribution >= 0.6 is 11.6 Å². The SMILES string of the molecule is CC(=N)CCC(O)c1ccc(COCC[18F])cc1.CC(N)=NCc1ccc(OCC[18F])c(Cl)c1.CC(N)=NCc1ccc(OCC[18F])cc1.CC(N)=NCc1ccc2c(ccn2CC[18F])c1.CCCCC(C)C(O)c1ccc(O)c(O)c1.CNCC(O)C(OC)c1ccc([18F])c(O)c1.CNCC(O)COc1cccc([18F])c1C#N.Cc1cc(CNc2ncc[nH]2)ccc1[18F]. The van der Waals surface area contributed by atoms with Gasteiger partial charge in [-0.1, -0.05) is 117 Å². The van der Waals surface area contributed by atoms with Gasteiger partial charge in [0.15, 0.2) is 29.0 Å². The van der Waals surface area contributed by atoms with E-state index in [1.165, 1.54) is 55.6 Å². The number of aromatic nitrogens is 3. The molecule has 129 heavy (non-hydrogen) atoms. The lowest BCUT2D eigenvalue weighted by Crippen LogP contribution is -2.30. The number of hydrogen-bond donors (Lipinski definition) is 15. The van der Waals surface area contributed by atoms with Crippen LogP contribution in [0.25, 0.3) is 10.9 Å². The van der Waals surface area contributed by atoms with Gasteiger partial charge in [0.2, 0.25) is 0 Å². The van der Waals surface area contributed by atoms with Crippen LogP contribution in [0.4, 0.5) is 36.7 Å². The highest BCUT2D eigenvalue weighted by Gasteiger charge is 2.22. The summed E-state index contributed by atoms with van der Waals surface area (Å²) < 4.78 is 114. The standard InChI is InChI=1S/C14H20FNO2.C13H16FN3.C13H20O3.C11H14ClFN2O.C11H12FN3.C11H13FN2O2.C11H15FN2O.C11H16FNO3/c1-11(16)2-7-14(17)13-5-3-12(4-6-13)10-18-9-8-15;1-10(15)16-9-11-2-3-13-12(8-11)4-6-17(13)7-5-14;1-3-4-5-9(2)13(16)10-6-7-11(14)12(15)8-10;1-8(14)15-7-9-2-3-11(10(12)6-9)16-5-4-13;1-8-6-9(2-3-10(8)12)7-15-11-13-4-5-14-11;1-14-6-8(15)7-16-11-4-2-3-10(12)9(11)5-13;1-9(13)14-8-10-2-4-11(5-3-10)15-7-6-12;1-13-6-10(15)11(16-2)7-3-4-8(12)9(14)5-7/h3-6,14,16-17H,2,7-10H2,1H3;2-4,6,8H,5,7,9H2,1H3,(H2,15,16);6-9,13-16H,3-5H2,1-2H3;2-3,6H,4-5,7H2,1H3,(H2,14,15);2-6H,7H2,1H3,(H2,13,14,15);2-4,8,14-15H,6-7H2,1H3;2-5H,6-8H2,1H3,(H2,13,14);3-5,10-11,13-15H,6H2,1-2H3/i15-1;14-1;;13-1;4*12-1. The minimum absolute atomic E-state index is 0.0129. The number of imidazole rings is 1. The summed E-state index contributed by atoms with van der Waals surface area (Å²) in [6.45, 7) is 15.0. The van der Waals surface area contributed by atoms with Crippen molar-refractivity contribution in [1.82, 2.24) is 25.2 Å². The van der Waals surface area contributed by atoms with Gasteiger partial charge in [-0.05, 0) is 214 Å². The summed E-state index contributed by atoms with van der Waals surface area (Å²) in [6.07, 6.45) is 6.47. The summed E-state index contributed by atoms with van der Waals surface area (Å²) in [6, 6.07) is 47.4. The minimum Gasteiger partial charge on any atom is -0.505 e. The molecule has 0 bridgehead atoms. The Hall–Kier alpha value is -11.8. The van der Waals surface area contributed by atoms with E-state index in [4.69, 9.17) is 63.2 Å². The number of fused-ring (bicyclic) bond motifs is 1. The molecule has 0 saturated heterocycles. The highest BCUT2D eigenvalue weighted by Crippen LogP contribution is 2.33. The van der Waals surface area contributed by atoms with Crippen LogP contribution in [-0.2, 0) is 48.8 Å². The zero-order chi connectivity index (χ0) is 95.6. The molecule has 10 rings (SSSR count). The molecule has 2 heterocycles. The van der Waals surface area contributed by atoms with Gasteiger partial charge in [-0.2, -0.15) is 5.26 Å². The van der Waals surface area contributed by atoms with Crippen molar-refractivity contribution in [3.05, 3.63) is 260 Å². The van der Waals surface area contributed by atoms with E-state index in [0.717, 1.165) is 75.6 Å². The number of aryl methyl sites for hydroxylation is 2. The molecule has 0 spiro atoms. The third-order valence-electron chi connectivity index (χ3n) is 18.3. The number of nitrogens with two attached hydrogens (primary N) is 3. The number of aromatic hydroxyl groups is 3. The molecule has 0 fully saturated rings. The number of nitrogens with one attached hydrogen (secondary N) is 5. The minimum atomic E-state index is -0.764. The molecule has 8 aromatic carbocycles. The van der Waals surface area contributed by atoms with Gasteiger partial charge in [0.05, 0.1) is 80.2 Å². The largest absolute Gasteiger partial charge is 0.505 e. The smallest absolute Gasteiger partial charge is 0.200 e. The Morgan fingerprint density at radius 3 is 1.78 bits per heavy atom. The first kappa shape index (κ1) is 111. The average molecular weight is 1820 g/mol. The molecule has 0 saturated carbocycles. The van der Waals surface area contributed by atoms with Crippen LogP contribution in [0.15, 0.2) is 197 Å². The van der Waals surface area contributed by atoms with Gasteiger partial charge >= 0.3 is 0 Å². The molecule has 0 aliphatic carbocycles. The first-order valence-electron chi connectivity index (χ1n) is 41.6. The van der Waals surface area contributed by atoms with Crippen molar-refractivity contribution in [1.29, 1.82) is 10.7 Å². The molecule has 10 aromatic rings. The van der Waals surface area contributed by atoms with Gasteiger partial charge in [-0.25, -0.2) is 35.7 Å². The predicted octanol–water partition coefficient (Wildman–Crippen LogP) is 16.9. The zero-order valence-electron chi connectivity index (χ0n) is 74.7. The molecule has 0 aliphatic heterocycles.